The Balaban J connectivity index is 1.66. The zero-order valence-corrected chi connectivity index (χ0v) is 31.3. The summed E-state index contributed by atoms with van der Waals surface area (Å²) in [4.78, 5) is 76.8. The normalized spacial score (nSPS) is 14.6. The van der Waals surface area contributed by atoms with Crippen LogP contribution in [0.1, 0.15) is 56.0 Å². The Labute approximate surface area is 319 Å². The first kappa shape index (κ1) is 43.3. The molecular weight excluding hydrogens is 718 g/mol. The number of amides is 5. The van der Waals surface area contributed by atoms with E-state index >= 15 is 0 Å². The summed E-state index contributed by atoms with van der Waals surface area (Å²) in [5.41, 5.74) is 1.77. The number of nitrogens with one attached hydrogen (secondary N) is 4. The number of likely N-dealkylation sites (tertiary alicyclic amines) is 1. The largest absolute Gasteiger partial charge is 0.493 e. The van der Waals surface area contributed by atoms with Gasteiger partial charge in [-0.25, -0.2) is 9.59 Å². The van der Waals surface area contributed by atoms with Gasteiger partial charge in [0.15, 0.2) is 11.5 Å². The highest BCUT2D eigenvalue weighted by Gasteiger charge is 2.33. The number of carboxylic acid groups (broad SMARTS) is 1. The molecule has 0 radical (unpaired) electrons. The molecule has 3 rings (SSSR count). The number of aliphatic hydroxyl groups excluding tert-OH is 1. The van der Waals surface area contributed by atoms with Crippen molar-refractivity contribution in [3.05, 3.63) is 72.3 Å². The number of hydrogen-bond acceptors (Lipinski definition) is 11. The van der Waals surface area contributed by atoms with Gasteiger partial charge in [-0.05, 0) is 49.4 Å². The maximum atomic E-state index is 13.7. The molecule has 0 saturated carbocycles. The molecule has 0 aromatic heterocycles. The Morgan fingerprint density at radius 2 is 1.67 bits per heavy atom. The summed E-state index contributed by atoms with van der Waals surface area (Å²) in [7, 11) is 1.37. The number of rotatable bonds is 19. The number of nitrogens with zero attached hydrogens (tertiary/aromatic N) is 1. The van der Waals surface area contributed by atoms with Crippen molar-refractivity contribution in [2.24, 2.45) is 5.92 Å². The molecule has 3 atom stereocenters. The summed E-state index contributed by atoms with van der Waals surface area (Å²) in [6.45, 7) is 12.1. The summed E-state index contributed by atoms with van der Waals surface area (Å²) < 4.78 is 21.5. The van der Waals surface area contributed by atoms with Crippen LogP contribution in [0.25, 0.3) is 0 Å². The second-order valence-corrected chi connectivity index (χ2v) is 13.0. The van der Waals surface area contributed by atoms with Crippen LogP contribution in [0.4, 0.5) is 21.0 Å². The molecule has 1 saturated heterocycles. The first-order chi connectivity index (χ1) is 26.2. The number of benzene rings is 2. The van der Waals surface area contributed by atoms with E-state index in [4.69, 9.17) is 24.1 Å². The number of carboxylic acids is 1. The summed E-state index contributed by atoms with van der Waals surface area (Å²) in [6.07, 6.45) is 0.174. The van der Waals surface area contributed by atoms with E-state index in [1.165, 1.54) is 37.1 Å². The lowest BCUT2D eigenvalue weighted by atomic mass is 10.0. The van der Waals surface area contributed by atoms with Crippen molar-refractivity contribution in [1.29, 1.82) is 0 Å². The molecule has 55 heavy (non-hydrogen) atoms. The molecule has 3 unspecified atom stereocenters. The van der Waals surface area contributed by atoms with Crippen LogP contribution in [0.2, 0.25) is 0 Å². The Morgan fingerprint density at radius 1 is 0.964 bits per heavy atom. The van der Waals surface area contributed by atoms with Gasteiger partial charge in [-0.1, -0.05) is 50.8 Å². The highest BCUT2D eigenvalue weighted by molar-refractivity contribution is 6.04. The molecule has 298 valence electrons. The number of alkyl carbamates (subject to hydrolysis) is 1. The molecule has 17 heteroatoms. The molecule has 17 nitrogen and oxygen atoms in total. The fourth-order valence-corrected chi connectivity index (χ4v) is 5.39. The molecular formula is C38H49N5O12. The fourth-order valence-electron chi connectivity index (χ4n) is 5.39. The third-order valence-corrected chi connectivity index (χ3v) is 8.29. The monoisotopic (exact) mass is 767 g/mol. The van der Waals surface area contributed by atoms with Gasteiger partial charge in [-0.15, -0.1) is 0 Å². The quantitative estimate of drug-likeness (QED) is 0.0885. The molecule has 2 aromatic carbocycles. The highest BCUT2D eigenvalue weighted by atomic mass is 16.6. The van der Waals surface area contributed by atoms with Crippen LogP contribution in [0, 0.1) is 5.92 Å². The SMILES string of the molecule is C=CCOC(=O)NC(C(=O)NC(C)C(=O)Nc1ccc(COC(=O)Nc2cc(OCCCC(=O)O)c(OC)cc2C(=O)N2CC(=C)CC2CO)cc1)C(C)C. The van der Waals surface area contributed by atoms with Crippen molar-refractivity contribution in [1.82, 2.24) is 15.5 Å². The first-order valence-electron chi connectivity index (χ1n) is 17.5. The zero-order chi connectivity index (χ0) is 40.7. The van der Waals surface area contributed by atoms with Crippen molar-refractivity contribution >= 4 is 47.3 Å². The molecule has 1 aliphatic heterocycles. The Kier molecular flexibility index (Phi) is 16.5. The van der Waals surface area contributed by atoms with Crippen LogP contribution in [-0.2, 0) is 30.5 Å². The standard InChI is InChI=1S/C38H49N5O12/c1-7-14-54-38(51)42-33(22(2)3)35(48)39-24(5)34(47)40-26-12-10-25(11-13-26)21-55-37(50)41-29-18-31(53-15-8-9-32(45)46)30(52-6)17-28(29)36(49)43-19-23(4)16-27(43)20-44/h7,10-13,17-18,22,24,27,33,44H,1,4,8-9,14-16,19-21H2,2-3,5-6H3,(H,39,48)(H,40,47)(H,41,50)(H,42,51)(H,45,46). The van der Waals surface area contributed by atoms with E-state index in [9.17, 15) is 33.9 Å². The molecule has 2 aromatic rings. The van der Waals surface area contributed by atoms with Crippen molar-refractivity contribution in [3.63, 3.8) is 0 Å². The Morgan fingerprint density at radius 3 is 2.29 bits per heavy atom. The molecule has 0 bridgehead atoms. The Hall–Kier alpha value is -6.10. The number of carbonyl (C=O) groups is 6. The van der Waals surface area contributed by atoms with Gasteiger partial charge in [0.05, 0.1) is 37.6 Å². The number of anilines is 2. The van der Waals surface area contributed by atoms with Crippen molar-refractivity contribution in [2.45, 2.75) is 64.8 Å². The van der Waals surface area contributed by atoms with E-state index < -0.39 is 54.0 Å². The van der Waals surface area contributed by atoms with Gasteiger partial charge in [0.2, 0.25) is 11.8 Å². The highest BCUT2D eigenvalue weighted by Crippen LogP contribution is 2.36. The molecule has 0 spiro atoms. The topological polar surface area (TPSA) is 231 Å². The molecule has 1 aliphatic rings. The number of ether oxygens (including phenoxy) is 4. The van der Waals surface area contributed by atoms with Gasteiger partial charge in [0.1, 0.15) is 25.3 Å². The van der Waals surface area contributed by atoms with Crippen molar-refractivity contribution in [2.75, 3.05) is 44.1 Å². The first-order valence-corrected chi connectivity index (χ1v) is 17.5. The number of aliphatic carboxylic acids is 1. The van der Waals surface area contributed by atoms with E-state index in [2.05, 4.69) is 34.4 Å². The van der Waals surface area contributed by atoms with Crippen LogP contribution < -0.4 is 30.7 Å². The molecule has 5 amide bonds. The summed E-state index contributed by atoms with van der Waals surface area (Å²) >= 11 is 0. The van der Waals surface area contributed by atoms with Crippen molar-refractivity contribution < 1.29 is 57.9 Å². The summed E-state index contributed by atoms with van der Waals surface area (Å²) in [6, 6.07) is 6.73. The lowest BCUT2D eigenvalue weighted by Gasteiger charge is -2.24. The van der Waals surface area contributed by atoms with Crippen LogP contribution in [0.3, 0.4) is 0 Å². The second kappa shape index (κ2) is 21.0. The average molecular weight is 768 g/mol. The molecule has 6 N–H and O–H groups in total. The lowest BCUT2D eigenvalue weighted by Crippen LogP contribution is -2.53. The zero-order valence-electron chi connectivity index (χ0n) is 31.3. The number of hydrogen-bond donors (Lipinski definition) is 6. The lowest BCUT2D eigenvalue weighted by molar-refractivity contribution is -0.137. The predicted molar refractivity (Wildman–Crippen MR) is 201 cm³/mol. The smallest absolute Gasteiger partial charge is 0.411 e. The third kappa shape index (κ3) is 13.1. The summed E-state index contributed by atoms with van der Waals surface area (Å²) in [5, 5.41) is 29.2. The van der Waals surface area contributed by atoms with Crippen LogP contribution in [-0.4, -0.2) is 103 Å². The van der Waals surface area contributed by atoms with Gasteiger partial charge in [0.25, 0.3) is 5.91 Å². The number of carbonyl (C=O) groups excluding carboxylic acids is 5. The maximum Gasteiger partial charge on any atom is 0.411 e. The average Bonchev–Trinajstić information content (AvgIpc) is 3.54. The minimum atomic E-state index is -0.988. The van der Waals surface area contributed by atoms with Gasteiger partial charge >= 0.3 is 18.2 Å². The third-order valence-electron chi connectivity index (χ3n) is 8.29. The van der Waals surface area contributed by atoms with Gasteiger partial charge in [-0.3, -0.25) is 24.5 Å². The minimum Gasteiger partial charge on any atom is -0.493 e. The van der Waals surface area contributed by atoms with Gasteiger partial charge < -0.3 is 50.0 Å². The second-order valence-electron chi connectivity index (χ2n) is 13.0. The van der Waals surface area contributed by atoms with E-state index in [0.717, 1.165) is 5.57 Å². The Bertz CT molecular complexity index is 1730. The van der Waals surface area contributed by atoms with E-state index in [1.54, 1.807) is 38.1 Å². The van der Waals surface area contributed by atoms with Crippen molar-refractivity contribution in [3.8, 4) is 11.5 Å². The summed E-state index contributed by atoms with van der Waals surface area (Å²) in [5.74, 6) is -2.57. The van der Waals surface area contributed by atoms with Crippen LogP contribution in [0.5, 0.6) is 11.5 Å². The van der Waals surface area contributed by atoms with Crippen LogP contribution >= 0.6 is 0 Å². The minimum absolute atomic E-state index is 0.0210. The molecule has 1 heterocycles. The van der Waals surface area contributed by atoms with Gasteiger partial charge in [0, 0.05) is 24.7 Å². The van der Waals surface area contributed by atoms with E-state index in [0.29, 0.717) is 17.7 Å². The van der Waals surface area contributed by atoms with Crippen LogP contribution in [0.15, 0.2) is 61.2 Å². The fraction of sp³-hybridized carbons (Fsp3) is 0.421. The van der Waals surface area contributed by atoms with E-state index in [1.807, 2.05) is 0 Å². The maximum absolute atomic E-state index is 13.7. The molecule has 0 aliphatic carbocycles. The molecule has 1 fully saturated rings. The number of aliphatic hydroxyl groups is 1. The number of methoxy groups -OCH3 is 1. The predicted octanol–water partition coefficient (Wildman–Crippen LogP) is 3.83. The van der Waals surface area contributed by atoms with E-state index in [-0.39, 0.29) is 74.5 Å². The van der Waals surface area contributed by atoms with Gasteiger partial charge in [-0.2, -0.15) is 0 Å².